The molecule has 24 heavy (non-hydrogen) atoms. The quantitative estimate of drug-likeness (QED) is 0.646. The summed E-state index contributed by atoms with van der Waals surface area (Å²) in [4.78, 5) is 4.79. The third-order valence-corrected chi connectivity index (χ3v) is 5.30. The number of thioether (sulfide) groups is 1. The first kappa shape index (κ1) is 17.0. The first-order valence-electron chi connectivity index (χ1n) is 6.96. The predicted octanol–water partition coefficient (Wildman–Crippen LogP) is 3.71. The molecule has 0 spiro atoms. The summed E-state index contributed by atoms with van der Waals surface area (Å²) in [5.74, 6) is 0.640. The summed E-state index contributed by atoms with van der Waals surface area (Å²) in [7, 11) is -3.23. The Morgan fingerprint density at radius 1 is 1.04 bits per heavy atom. The lowest BCUT2D eigenvalue weighted by molar-refractivity contribution is 0.602. The van der Waals surface area contributed by atoms with Crippen molar-refractivity contribution in [1.82, 2.24) is 14.8 Å². The number of aromatic nitrogens is 3. The van der Waals surface area contributed by atoms with Crippen LogP contribution in [-0.4, -0.2) is 35.7 Å². The average Bonchev–Trinajstić information content (AvgIpc) is 2.99. The van der Waals surface area contributed by atoms with Crippen LogP contribution in [-0.2, 0) is 9.84 Å². The van der Waals surface area contributed by atoms with E-state index in [1.165, 1.54) is 18.0 Å². The molecule has 0 aliphatic heterocycles. The molecule has 0 aliphatic rings. The molecule has 0 radical (unpaired) electrons. The number of rotatable bonds is 4. The molecular formula is C16H14ClN3O2S2. The van der Waals surface area contributed by atoms with Crippen LogP contribution in [0.25, 0.3) is 17.1 Å². The van der Waals surface area contributed by atoms with Gasteiger partial charge in [0.1, 0.15) is 0 Å². The first-order chi connectivity index (χ1) is 11.4. The Morgan fingerprint density at radius 2 is 1.67 bits per heavy atom. The van der Waals surface area contributed by atoms with Crippen molar-refractivity contribution in [3.63, 3.8) is 0 Å². The normalized spacial score (nSPS) is 11.6. The lowest BCUT2D eigenvalue weighted by Crippen LogP contribution is -2.00. The summed E-state index contributed by atoms with van der Waals surface area (Å²) in [5, 5.41) is 5.76. The molecule has 0 bridgehead atoms. The number of hydrogen-bond donors (Lipinski definition) is 0. The van der Waals surface area contributed by atoms with Crippen LogP contribution in [0.1, 0.15) is 0 Å². The fraction of sp³-hybridized carbons (Fsp3) is 0.125. The third kappa shape index (κ3) is 3.48. The van der Waals surface area contributed by atoms with Crippen molar-refractivity contribution in [1.29, 1.82) is 0 Å². The van der Waals surface area contributed by atoms with Crippen LogP contribution in [0.4, 0.5) is 0 Å². The minimum absolute atomic E-state index is 0.272. The maximum Gasteiger partial charge on any atom is 0.209 e. The lowest BCUT2D eigenvalue weighted by atomic mass is 10.2. The van der Waals surface area contributed by atoms with E-state index in [1.807, 2.05) is 18.4 Å². The summed E-state index contributed by atoms with van der Waals surface area (Å²) in [5.41, 5.74) is 1.61. The van der Waals surface area contributed by atoms with Gasteiger partial charge >= 0.3 is 0 Å². The maximum atomic E-state index is 11.6. The molecule has 0 aliphatic carbocycles. The van der Waals surface area contributed by atoms with Crippen molar-refractivity contribution in [2.24, 2.45) is 0 Å². The van der Waals surface area contributed by atoms with Gasteiger partial charge in [-0.2, -0.15) is 0 Å². The highest BCUT2D eigenvalue weighted by Crippen LogP contribution is 2.25. The Balaban J connectivity index is 2.10. The summed E-state index contributed by atoms with van der Waals surface area (Å²) in [6.45, 7) is 0. The summed E-state index contributed by atoms with van der Waals surface area (Å²) in [6.07, 6.45) is 3.09. The molecule has 3 aromatic rings. The van der Waals surface area contributed by atoms with E-state index in [4.69, 9.17) is 11.6 Å². The average molecular weight is 380 g/mol. The van der Waals surface area contributed by atoms with Crippen molar-refractivity contribution >= 4 is 33.2 Å². The van der Waals surface area contributed by atoms with Gasteiger partial charge < -0.3 is 0 Å². The molecule has 0 atom stereocenters. The van der Waals surface area contributed by atoms with E-state index in [9.17, 15) is 8.42 Å². The van der Waals surface area contributed by atoms with Gasteiger partial charge in [-0.15, -0.1) is 5.10 Å². The van der Waals surface area contributed by atoms with Gasteiger partial charge in [0.2, 0.25) is 5.16 Å². The van der Waals surface area contributed by atoms with E-state index in [-0.39, 0.29) is 4.90 Å². The fourth-order valence-corrected chi connectivity index (χ4v) is 3.28. The van der Waals surface area contributed by atoms with Gasteiger partial charge in [-0.25, -0.2) is 18.1 Å². The lowest BCUT2D eigenvalue weighted by Gasteiger charge is -2.06. The molecular weight excluding hydrogens is 366 g/mol. The number of halogens is 1. The van der Waals surface area contributed by atoms with E-state index in [0.29, 0.717) is 16.0 Å². The highest BCUT2D eigenvalue weighted by molar-refractivity contribution is 7.98. The van der Waals surface area contributed by atoms with E-state index in [2.05, 4.69) is 10.1 Å². The van der Waals surface area contributed by atoms with E-state index in [0.717, 1.165) is 11.3 Å². The van der Waals surface area contributed by atoms with Crippen LogP contribution in [0.3, 0.4) is 0 Å². The van der Waals surface area contributed by atoms with Gasteiger partial charge in [-0.1, -0.05) is 23.4 Å². The van der Waals surface area contributed by atoms with Crippen LogP contribution in [0.15, 0.2) is 58.6 Å². The minimum Gasteiger partial charge on any atom is -0.224 e. The predicted molar refractivity (Wildman–Crippen MR) is 96.7 cm³/mol. The van der Waals surface area contributed by atoms with Crippen LogP contribution >= 0.6 is 23.4 Å². The number of hydrogen-bond acceptors (Lipinski definition) is 5. The Labute approximate surface area is 149 Å². The van der Waals surface area contributed by atoms with Crippen molar-refractivity contribution < 1.29 is 8.42 Å². The number of sulfone groups is 1. The standard InChI is InChI=1S/C16H14ClN3O2S2/c1-23-16-18-15(11-3-9-14(10-4-11)24(2,21)22)20(19-16)13-7-5-12(17)6-8-13/h3-10H,1-2H3. The van der Waals surface area contributed by atoms with Crippen LogP contribution in [0.5, 0.6) is 0 Å². The van der Waals surface area contributed by atoms with Gasteiger partial charge in [0.15, 0.2) is 15.7 Å². The second kappa shape index (κ2) is 6.58. The molecule has 0 saturated heterocycles. The molecule has 0 N–H and O–H groups in total. The molecule has 0 saturated carbocycles. The second-order valence-corrected chi connectivity index (χ2v) is 8.33. The van der Waals surface area contributed by atoms with Gasteiger partial charge in [0, 0.05) is 16.8 Å². The Kier molecular flexibility index (Phi) is 4.67. The third-order valence-electron chi connectivity index (χ3n) is 3.38. The smallest absolute Gasteiger partial charge is 0.209 e. The summed E-state index contributed by atoms with van der Waals surface area (Å²) >= 11 is 7.38. The van der Waals surface area contributed by atoms with Gasteiger partial charge in [0.25, 0.3) is 0 Å². The van der Waals surface area contributed by atoms with Gasteiger partial charge in [0.05, 0.1) is 10.6 Å². The number of benzene rings is 2. The molecule has 2 aromatic carbocycles. The van der Waals surface area contributed by atoms with Crippen molar-refractivity contribution in [2.45, 2.75) is 10.1 Å². The zero-order chi connectivity index (χ0) is 17.3. The maximum absolute atomic E-state index is 11.6. The zero-order valence-corrected chi connectivity index (χ0v) is 15.4. The molecule has 5 nitrogen and oxygen atoms in total. The largest absolute Gasteiger partial charge is 0.224 e. The second-order valence-electron chi connectivity index (χ2n) is 5.11. The molecule has 0 fully saturated rings. The SMILES string of the molecule is CSc1nc(-c2ccc(S(C)(=O)=O)cc2)n(-c2ccc(Cl)cc2)n1. The Morgan fingerprint density at radius 3 is 2.21 bits per heavy atom. The number of nitrogens with zero attached hydrogens (tertiary/aromatic N) is 3. The highest BCUT2D eigenvalue weighted by atomic mass is 35.5. The summed E-state index contributed by atoms with van der Waals surface area (Å²) in [6, 6.07) is 13.9. The fourth-order valence-electron chi connectivity index (χ4n) is 2.18. The molecule has 8 heteroatoms. The first-order valence-corrected chi connectivity index (χ1v) is 10.5. The van der Waals surface area contributed by atoms with Gasteiger partial charge in [-0.3, -0.25) is 0 Å². The van der Waals surface area contributed by atoms with E-state index < -0.39 is 9.84 Å². The van der Waals surface area contributed by atoms with Crippen LogP contribution in [0, 0.1) is 0 Å². The minimum atomic E-state index is -3.23. The van der Waals surface area contributed by atoms with E-state index >= 15 is 0 Å². The molecule has 1 aromatic heterocycles. The van der Waals surface area contributed by atoms with Crippen molar-refractivity contribution in [3.05, 3.63) is 53.6 Å². The van der Waals surface area contributed by atoms with Crippen LogP contribution in [0.2, 0.25) is 5.02 Å². The zero-order valence-electron chi connectivity index (χ0n) is 13.0. The Bertz CT molecular complexity index is 966. The van der Waals surface area contributed by atoms with Crippen molar-refractivity contribution in [2.75, 3.05) is 12.5 Å². The summed E-state index contributed by atoms with van der Waals surface area (Å²) < 4.78 is 24.9. The molecule has 1 heterocycles. The molecule has 3 rings (SSSR count). The molecule has 124 valence electrons. The van der Waals surface area contributed by atoms with E-state index in [1.54, 1.807) is 41.1 Å². The topological polar surface area (TPSA) is 64.8 Å². The molecule has 0 unspecified atom stereocenters. The van der Waals surface area contributed by atoms with Gasteiger partial charge in [-0.05, 0) is 54.8 Å². The highest BCUT2D eigenvalue weighted by Gasteiger charge is 2.14. The Hall–Kier alpha value is -1.83. The van der Waals surface area contributed by atoms with Crippen molar-refractivity contribution in [3.8, 4) is 17.1 Å². The monoisotopic (exact) mass is 379 g/mol. The molecule has 0 amide bonds. The van der Waals surface area contributed by atoms with Crippen LogP contribution < -0.4 is 0 Å².